The van der Waals surface area contributed by atoms with Crippen LogP contribution in [-0.2, 0) is 11.2 Å². The molecule has 1 heterocycles. The molecule has 0 aliphatic carbocycles. The number of aliphatic carboxylic acids is 1. The number of benzene rings is 1. The van der Waals surface area contributed by atoms with E-state index in [0.717, 1.165) is 0 Å². The largest absolute Gasteiger partial charge is 0.504 e. The van der Waals surface area contributed by atoms with Gasteiger partial charge in [0.05, 0.1) is 19.1 Å². The van der Waals surface area contributed by atoms with Crippen molar-refractivity contribution in [2.45, 2.75) is 13.3 Å². The number of aromatic hydroxyl groups is 1. The van der Waals surface area contributed by atoms with E-state index in [1.165, 1.54) is 19.2 Å². The Bertz CT molecular complexity index is 713. The van der Waals surface area contributed by atoms with E-state index in [1.54, 1.807) is 6.92 Å². The van der Waals surface area contributed by atoms with Gasteiger partial charge >= 0.3 is 11.6 Å². The lowest BCUT2D eigenvalue weighted by Crippen LogP contribution is -2.14. The first kappa shape index (κ1) is 12.9. The number of hydrogen-bond acceptors (Lipinski definition) is 5. The Morgan fingerprint density at radius 1 is 1.42 bits per heavy atom. The number of hydrogen-bond donors (Lipinski definition) is 2. The molecule has 6 heteroatoms. The highest BCUT2D eigenvalue weighted by atomic mass is 16.5. The summed E-state index contributed by atoms with van der Waals surface area (Å²) in [6, 6.07) is 2.78. The average Bonchev–Trinajstić information content (AvgIpc) is 2.33. The Labute approximate surface area is 107 Å². The highest BCUT2D eigenvalue weighted by Crippen LogP contribution is 2.32. The lowest BCUT2D eigenvalue weighted by Gasteiger charge is -2.09. The van der Waals surface area contributed by atoms with Gasteiger partial charge in [-0.3, -0.25) is 4.79 Å². The molecular weight excluding hydrogens is 252 g/mol. The van der Waals surface area contributed by atoms with Crippen LogP contribution in [-0.4, -0.2) is 23.3 Å². The monoisotopic (exact) mass is 264 g/mol. The minimum atomic E-state index is -1.11. The number of carboxylic acid groups (broad SMARTS) is 1. The van der Waals surface area contributed by atoms with Crippen molar-refractivity contribution in [1.82, 2.24) is 0 Å². The molecule has 2 rings (SSSR count). The van der Waals surface area contributed by atoms with Crippen molar-refractivity contribution in [3.05, 3.63) is 33.7 Å². The Balaban J connectivity index is 2.78. The molecule has 0 unspecified atom stereocenters. The van der Waals surface area contributed by atoms with Gasteiger partial charge in [0.25, 0.3) is 0 Å². The van der Waals surface area contributed by atoms with Gasteiger partial charge in [0.2, 0.25) is 0 Å². The van der Waals surface area contributed by atoms with Crippen molar-refractivity contribution in [3.63, 3.8) is 0 Å². The third-order valence-corrected chi connectivity index (χ3v) is 2.91. The Morgan fingerprint density at radius 2 is 2.11 bits per heavy atom. The Hall–Kier alpha value is -2.50. The quantitative estimate of drug-likeness (QED) is 0.814. The van der Waals surface area contributed by atoms with Crippen molar-refractivity contribution in [2.24, 2.45) is 0 Å². The first-order valence-electron chi connectivity index (χ1n) is 5.49. The SMILES string of the molecule is COc1cc2c(C)c(CC(=O)O)c(=O)oc2cc1O. The molecule has 0 saturated carbocycles. The van der Waals surface area contributed by atoms with E-state index >= 15 is 0 Å². The van der Waals surface area contributed by atoms with Crippen molar-refractivity contribution < 1.29 is 24.2 Å². The first-order valence-corrected chi connectivity index (χ1v) is 5.49. The summed E-state index contributed by atoms with van der Waals surface area (Å²) in [6.07, 6.45) is -0.409. The predicted octanol–water partition coefficient (Wildman–Crippen LogP) is 1.44. The highest BCUT2D eigenvalue weighted by Gasteiger charge is 2.16. The van der Waals surface area contributed by atoms with Crippen LogP contribution in [0.25, 0.3) is 11.0 Å². The van der Waals surface area contributed by atoms with Crippen LogP contribution in [0.15, 0.2) is 21.3 Å². The third kappa shape index (κ3) is 2.24. The van der Waals surface area contributed by atoms with E-state index in [2.05, 4.69) is 0 Å². The maximum Gasteiger partial charge on any atom is 0.340 e. The van der Waals surface area contributed by atoms with Crippen LogP contribution in [0.1, 0.15) is 11.1 Å². The van der Waals surface area contributed by atoms with E-state index in [4.69, 9.17) is 14.3 Å². The second kappa shape index (κ2) is 4.64. The van der Waals surface area contributed by atoms with Crippen LogP contribution in [0.2, 0.25) is 0 Å². The molecule has 0 atom stereocenters. The number of methoxy groups -OCH3 is 1. The number of ether oxygens (including phenoxy) is 1. The molecule has 0 aliphatic rings. The summed E-state index contributed by atoms with van der Waals surface area (Å²) >= 11 is 0. The summed E-state index contributed by atoms with van der Waals surface area (Å²) in [5.41, 5.74) is 0.0756. The van der Waals surface area contributed by atoms with Crippen LogP contribution in [0.4, 0.5) is 0 Å². The molecule has 0 aliphatic heterocycles. The molecule has 0 fully saturated rings. The number of carbonyl (C=O) groups is 1. The average molecular weight is 264 g/mol. The molecule has 6 nitrogen and oxygen atoms in total. The van der Waals surface area contributed by atoms with E-state index in [1.807, 2.05) is 0 Å². The van der Waals surface area contributed by atoms with E-state index < -0.39 is 18.0 Å². The Kier molecular flexibility index (Phi) is 3.16. The number of rotatable bonds is 3. The maximum atomic E-state index is 11.7. The standard InChI is InChI=1S/C13H12O6/c1-6-7-3-11(18-2)9(14)5-10(7)19-13(17)8(6)4-12(15)16/h3,5,14H,4H2,1-2H3,(H,15,16). The van der Waals surface area contributed by atoms with Gasteiger partial charge in [-0.1, -0.05) is 0 Å². The molecule has 0 bridgehead atoms. The van der Waals surface area contributed by atoms with Gasteiger partial charge in [0.15, 0.2) is 11.5 Å². The predicted molar refractivity (Wildman–Crippen MR) is 66.8 cm³/mol. The maximum absolute atomic E-state index is 11.7. The Morgan fingerprint density at radius 3 is 2.68 bits per heavy atom. The molecule has 1 aromatic heterocycles. The van der Waals surface area contributed by atoms with Gasteiger partial charge < -0.3 is 19.4 Å². The van der Waals surface area contributed by atoms with Crippen LogP contribution in [0.3, 0.4) is 0 Å². The van der Waals surface area contributed by atoms with Gasteiger partial charge in [-0.25, -0.2) is 4.79 Å². The zero-order chi connectivity index (χ0) is 14.2. The molecule has 1 aromatic carbocycles. The first-order chi connectivity index (χ1) is 8.93. The summed E-state index contributed by atoms with van der Waals surface area (Å²) in [7, 11) is 1.40. The van der Waals surface area contributed by atoms with Gasteiger partial charge in [-0.2, -0.15) is 0 Å². The number of aryl methyl sites for hydroxylation is 1. The fraction of sp³-hybridized carbons (Fsp3) is 0.231. The fourth-order valence-electron chi connectivity index (χ4n) is 1.92. The zero-order valence-corrected chi connectivity index (χ0v) is 10.4. The number of carboxylic acids is 1. The van der Waals surface area contributed by atoms with Crippen LogP contribution < -0.4 is 10.4 Å². The number of fused-ring (bicyclic) bond motifs is 1. The lowest BCUT2D eigenvalue weighted by atomic mass is 10.0. The van der Waals surface area contributed by atoms with E-state index in [0.29, 0.717) is 10.9 Å². The summed E-state index contributed by atoms with van der Waals surface area (Å²) in [4.78, 5) is 22.5. The normalized spacial score (nSPS) is 10.6. The molecule has 19 heavy (non-hydrogen) atoms. The lowest BCUT2D eigenvalue weighted by molar-refractivity contribution is -0.136. The summed E-state index contributed by atoms with van der Waals surface area (Å²) in [6.45, 7) is 1.63. The van der Waals surface area contributed by atoms with Gasteiger partial charge in [0.1, 0.15) is 5.58 Å². The third-order valence-electron chi connectivity index (χ3n) is 2.91. The van der Waals surface area contributed by atoms with E-state index in [-0.39, 0.29) is 22.6 Å². The molecule has 0 spiro atoms. The highest BCUT2D eigenvalue weighted by molar-refractivity contribution is 5.85. The minimum absolute atomic E-state index is 0.0905. The topological polar surface area (TPSA) is 97.0 Å². The van der Waals surface area contributed by atoms with Gasteiger partial charge in [0, 0.05) is 11.5 Å². The summed E-state index contributed by atoms with van der Waals surface area (Å²) in [5.74, 6) is -1.03. The second-order valence-electron chi connectivity index (χ2n) is 4.08. The summed E-state index contributed by atoms with van der Waals surface area (Å²) in [5, 5.41) is 18.9. The van der Waals surface area contributed by atoms with Crippen molar-refractivity contribution >= 4 is 16.9 Å². The van der Waals surface area contributed by atoms with Crippen molar-refractivity contribution in [2.75, 3.05) is 7.11 Å². The minimum Gasteiger partial charge on any atom is -0.504 e. The molecular formula is C13H12O6. The molecule has 0 saturated heterocycles. The molecule has 2 aromatic rings. The smallest absolute Gasteiger partial charge is 0.340 e. The molecule has 100 valence electrons. The fourth-order valence-corrected chi connectivity index (χ4v) is 1.92. The molecule has 2 N–H and O–H groups in total. The van der Waals surface area contributed by atoms with Crippen molar-refractivity contribution in [1.29, 1.82) is 0 Å². The molecule has 0 amide bonds. The zero-order valence-electron chi connectivity index (χ0n) is 10.4. The van der Waals surface area contributed by atoms with Gasteiger partial charge in [-0.15, -0.1) is 0 Å². The second-order valence-corrected chi connectivity index (χ2v) is 4.08. The van der Waals surface area contributed by atoms with Crippen LogP contribution in [0, 0.1) is 6.92 Å². The number of phenols is 1. The molecule has 0 radical (unpaired) electrons. The number of phenolic OH excluding ortho intramolecular Hbond substituents is 1. The van der Waals surface area contributed by atoms with E-state index in [9.17, 15) is 14.7 Å². The van der Waals surface area contributed by atoms with Crippen molar-refractivity contribution in [3.8, 4) is 11.5 Å². The summed E-state index contributed by atoms with van der Waals surface area (Å²) < 4.78 is 9.99. The van der Waals surface area contributed by atoms with Crippen LogP contribution >= 0.6 is 0 Å². The van der Waals surface area contributed by atoms with Crippen LogP contribution in [0.5, 0.6) is 11.5 Å². The van der Waals surface area contributed by atoms with Gasteiger partial charge in [-0.05, 0) is 18.6 Å².